The summed E-state index contributed by atoms with van der Waals surface area (Å²) in [6, 6.07) is 24.3. The first kappa shape index (κ1) is 19.1. The van der Waals surface area contributed by atoms with Crippen molar-refractivity contribution in [1.82, 2.24) is 20.3 Å². The van der Waals surface area contributed by atoms with Crippen molar-refractivity contribution in [3.63, 3.8) is 0 Å². The van der Waals surface area contributed by atoms with E-state index in [0.717, 1.165) is 27.5 Å². The van der Waals surface area contributed by atoms with Crippen molar-refractivity contribution >= 4 is 27.8 Å². The highest BCUT2D eigenvalue weighted by Gasteiger charge is 2.27. The zero-order valence-corrected chi connectivity index (χ0v) is 16.7. The Morgan fingerprint density at radius 3 is 2.55 bits per heavy atom. The molecule has 0 radical (unpaired) electrons. The van der Waals surface area contributed by atoms with E-state index in [1.165, 1.54) is 0 Å². The van der Waals surface area contributed by atoms with Crippen LogP contribution >= 0.6 is 0 Å². The number of rotatable bonds is 6. The van der Waals surface area contributed by atoms with Crippen molar-refractivity contribution in [1.29, 1.82) is 0 Å². The molecule has 0 saturated heterocycles. The van der Waals surface area contributed by atoms with E-state index in [0.29, 0.717) is 17.8 Å². The van der Waals surface area contributed by atoms with Gasteiger partial charge in [0.15, 0.2) is 0 Å². The highest BCUT2D eigenvalue weighted by molar-refractivity contribution is 6.06. The first-order valence-electron chi connectivity index (χ1n) is 10.2. The van der Waals surface area contributed by atoms with E-state index < -0.39 is 12.1 Å². The van der Waals surface area contributed by atoms with Gasteiger partial charge in [-0.25, -0.2) is 4.98 Å². The molecule has 0 saturated carbocycles. The Morgan fingerprint density at radius 1 is 0.935 bits per heavy atom. The van der Waals surface area contributed by atoms with Gasteiger partial charge in [-0.2, -0.15) is 0 Å². The molecule has 0 aliphatic heterocycles. The van der Waals surface area contributed by atoms with E-state index in [1.807, 2.05) is 79.0 Å². The number of para-hydroxylation sites is 2. The van der Waals surface area contributed by atoms with Crippen molar-refractivity contribution in [3.8, 4) is 0 Å². The van der Waals surface area contributed by atoms with Crippen LogP contribution < -0.4 is 5.32 Å². The average molecular weight is 410 g/mol. The van der Waals surface area contributed by atoms with E-state index in [2.05, 4.69) is 20.3 Å². The third kappa shape index (κ3) is 3.81. The summed E-state index contributed by atoms with van der Waals surface area (Å²) in [4.78, 5) is 24.0. The number of aromatic amines is 2. The topological polar surface area (TPSA) is 93.8 Å². The Morgan fingerprint density at radius 2 is 1.71 bits per heavy atom. The number of benzene rings is 3. The molecule has 6 nitrogen and oxygen atoms in total. The Balaban J connectivity index is 1.47. The molecule has 5 rings (SSSR count). The maximum absolute atomic E-state index is 13.2. The summed E-state index contributed by atoms with van der Waals surface area (Å²) in [5.74, 6) is 0.198. The minimum absolute atomic E-state index is 0.235. The first-order valence-corrected chi connectivity index (χ1v) is 10.2. The molecule has 2 aromatic heterocycles. The SMILES string of the molecule is O=C(N[C@@H](Cc1ccccc1)C(O)c1nc2ccccc2[nH]1)c1cccc2[nH]ccc12. The van der Waals surface area contributed by atoms with E-state index in [-0.39, 0.29) is 5.91 Å². The molecule has 0 spiro atoms. The number of imidazole rings is 1. The molecule has 0 aliphatic carbocycles. The molecule has 31 heavy (non-hydrogen) atoms. The Kier molecular flexibility index (Phi) is 4.98. The van der Waals surface area contributed by atoms with Crippen LogP contribution in [0, 0.1) is 0 Å². The monoisotopic (exact) mass is 410 g/mol. The summed E-state index contributed by atoms with van der Waals surface area (Å²) in [6.45, 7) is 0. The van der Waals surface area contributed by atoms with E-state index >= 15 is 0 Å². The predicted octanol–water partition coefficient (Wildman–Crippen LogP) is 4.12. The molecule has 0 aliphatic rings. The molecular weight excluding hydrogens is 388 g/mol. The fraction of sp³-hybridized carbons (Fsp3) is 0.120. The molecule has 3 aromatic carbocycles. The standard InChI is InChI=1S/C25H22N4O2/c30-23(24-27-20-10-4-5-11-21(20)28-24)22(15-16-7-2-1-3-8-16)29-25(31)18-9-6-12-19-17(18)13-14-26-19/h1-14,22-23,26,30H,15H2,(H,27,28)(H,29,31)/t22-,23?/m0/s1. The lowest BCUT2D eigenvalue weighted by Crippen LogP contribution is -2.41. The van der Waals surface area contributed by atoms with Crippen molar-refractivity contribution in [2.75, 3.05) is 0 Å². The number of aliphatic hydroxyl groups is 1. The van der Waals surface area contributed by atoms with Gasteiger partial charge in [0.2, 0.25) is 0 Å². The molecule has 4 N–H and O–H groups in total. The number of aliphatic hydroxyl groups excluding tert-OH is 1. The molecule has 2 heterocycles. The van der Waals surface area contributed by atoms with Gasteiger partial charge in [0.25, 0.3) is 5.91 Å². The van der Waals surface area contributed by atoms with Gasteiger partial charge in [0.1, 0.15) is 11.9 Å². The second-order valence-electron chi connectivity index (χ2n) is 7.60. The summed E-state index contributed by atoms with van der Waals surface area (Å²) in [7, 11) is 0. The van der Waals surface area contributed by atoms with Crippen LogP contribution in [0.4, 0.5) is 0 Å². The third-order valence-corrected chi connectivity index (χ3v) is 5.52. The maximum atomic E-state index is 13.2. The highest BCUT2D eigenvalue weighted by Crippen LogP contribution is 2.23. The number of fused-ring (bicyclic) bond motifs is 2. The maximum Gasteiger partial charge on any atom is 0.252 e. The molecule has 2 atom stereocenters. The second-order valence-corrected chi connectivity index (χ2v) is 7.60. The lowest BCUT2D eigenvalue weighted by molar-refractivity contribution is 0.0819. The van der Waals surface area contributed by atoms with Gasteiger partial charge in [-0.15, -0.1) is 0 Å². The number of nitrogens with one attached hydrogen (secondary N) is 3. The van der Waals surface area contributed by atoms with E-state index in [4.69, 9.17) is 0 Å². The molecule has 1 amide bonds. The zero-order valence-electron chi connectivity index (χ0n) is 16.7. The van der Waals surface area contributed by atoms with Gasteiger partial charge in [-0.3, -0.25) is 4.79 Å². The fourth-order valence-electron chi connectivity index (χ4n) is 3.94. The quantitative estimate of drug-likeness (QED) is 0.339. The minimum atomic E-state index is -0.998. The van der Waals surface area contributed by atoms with Crippen LogP contribution in [0.3, 0.4) is 0 Å². The van der Waals surface area contributed by atoms with Crippen molar-refractivity contribution in [2.45, 2.75) is 18.6 Å². The summed E-state index contributed by atoms with van der Waals surface area (Å²) >= 11 is 0. The normalized spacial score (nSPS) is 13.3. The highest BCUT2D eigenvalue weighted by atomic mass is 16.3. The molecular formula is C25H22N4O2. The number of nitrogens with zero attached hydrogens (tertiary/aromatic N) is 1. The van der Waals surface area contributed by atoms with Crippen molar-refractivity contribution in [3.05, 3.63) is 102 Å². The van der Waals surface area contributed by atoms with Crippen LogP contribution in [0.2, 0.25) is 0 Å². The number of hydrogen-bond acceptors (Lipinski definition) is 3. The number of aromatic nitrogens is 3. The minimum Gasteiger partial charge on any atom is -0.383 e. The van der Waals surface area contributed by atoms with Crippen molar-refractivity contribution < 1.29 is 9.90 Å². The number of H-pyrrole nitrogens is 2. The van der Waals surface area contributed by atoms with E-state index in [9.17, 15) is 9.90 Å². The number of amides is 1. The molecule has 5 aromatic rings. The molecule has 6 heteroatoms. The first-order chi connectivity index (χ1) is 15.2. The predicted molar refractivity (Wildman–Crippen MR) is 121 cm³/mol. The smallest absolute Gasteiger partial charge is 0.252 e. The van der Waals surface area contributed by atoms with Crippen LogP contribution in [0.1, 0.15) is 27.8 Å². The van der Waals surface area contributed by atoms with Gasteiger partial charge in [-0.1, -0.05) is 48.5 Å². The Hall–Kier alpha value is -3.90. The summed E-state index contributed by atoms with van der Waals surface area (Å²) < 4.78 is 0. The summed E-state index contributed by atoms with van der Waals surface area (Å²) in [5.41, 5.74) is 4.10. The summed E-state index contributed by atoms with van der Waals surface area (Å²) in [5, 5.41) is 15.1. The van der Waals surface area contributed by atoms with Crippen LogP contribution in [0.25, 0.3) is 21.9 Å². The summed E-state index contributed by atoms with van der Waals surface area (Å²) in [6.07, 6.45) is 1.28. The molecule has 0 fully saturated rings. The van der Waals surface area contributed by atoms with Gasteiger partial charge in [0.05, 0.1) is 17.1 Å². The van der Waals surface area contributed by atoms with Crippen LogP contribution in [0.15, 0.2) is 85.1 Å². The second kappa shape index (κ2) is 8.08. The van der Waals surface area contributed by atoms with Gasteiger partial charge < -0.3 is 20.4 Å². The Bertz CT molecular complexity index is 1310. The van der Waals surface area contributed by atoms with Gasteiger partial charge >= 0.3 is 0 Å². The number of carbonyl (C=O) groups is 1. The molecule has 1 unspecified atom stereocenters. The van der Waals surface area contributed by atoms with Gasteiger partial charge in [-0.05, 0) is 42.3 Å². The van der Waals surface area contributed by atoms with Crippen molar-refractivity contribution in [2.24, 2.45) is 0 Å². The van der Waals surface area contributed by atoms with Crippen LogP contribution in [-0.2, 0) is 6.42 Å². The average Bonchev–Trinajstić information content (AvgIpc) is 3.45. The molecule has 154 valence electrons. The fourth-order valence-corrected chi connectivity index (χ4v) is 3.94. The lowest BCUT2D eigenvalue weighted by Gasteiger charge is -2.23. The van der Waals surface area contributed by atoms with Crippen LogP contribution in [-0.4, -0.2) is 32.0 Å². The number of hydrogen-bond donors (Lipinski definition) is 4. The number of carbonyl (C=O) groups excluding carboxylic acids is 1. The largest absolute Gasteiger partial charge is 0.383 e. The van der Waals surface area contributed by atoms with E-state index in [1.54, 1.807) is 6.07 Å². The zero-order chi connectivity index (χ0) is 21.2. The van der Waals surface area contributed by atoms with Gasteiger partial charge in [0, 0.05) is 22.7 Å². The molecule has 0 bridgehead atoms. The Labute approximate surface area is 179 Å². The lowest BCUT2D eigenvalue weighted by atomic mass is 9.99. The van der Waals surface area contributed by atoms with Crippen LogP contribution in [0.5, 0.6) is 0 Å². The third-order valence-electron chi connectivity index (χ3n) is 5.52.